The van der Waals surface area contributed by atoms with Crippen LogP contribution in [0.3, 0.4) is 0 Å². The third kappa shape index (κ3) is 5.28. The number of benzene rings is 2. The molecular weight excluding hydrogens is 398 g/mol. The lowest BCUT2D eigenvalue weighted by molar-refractivity contribution is 0.0925. The first-order valence-corrected chi connectivity index (χ1v) is 11.5. The summed E-state index contributed by atoms with van der Waals surface area (Å²) in [4.78, 5) is 16.8. The average Bonchev–Trinajstić information content (AvgIpc) is 3.45. The summed E-state index contributed by atoms with van der Waals surface area (Å²) >= 11 is 0. The van der Waals surface area contributed by atoms with Crippen molar-refractivity contribution in [1.29, 1.82) is 0 Å². The summed E-state index contributed by atoms with van der Waals surface area (Å²) in [6, 6.07) is 20.7. The summed E-state index contributed by atoms with van der Waals surface area (Å²) < 4.78 is 7.46. The highest BCUT2D eigenvalue weighted by molar-refractivity contribution is 5.91. The van der Waals surface area contributed by atoms with Crippen molar-refractivity contribution in [3.05, 3.63) is 89.6 Å². The normalized spacial score (nSPS) is 11.3. The number of carbonyl (C=O) groups is 1. The lowest BCUT2D eigenvalue weighted by atomic mass is 10.0. The molecule has 4 aromatic rings. The molecule has 0 fully saturated rings. The maximum atomic E-state index is 11.9. The van der Waals surface area contributed by atoms with Gasteiger partial charge >= 0.3 is 0 Å². The minimum atomic E-state index is -0.153. The second-order valence-corrected chi connectivity index (χ2v) is 8.54. The van der Waals surface area contributed by atoms with Crippen LogP contribution in [0.4, 0.5) is 0 Å². The molecular formula is C27H31N3O2. The number of unbranched alkanes of at least 4 members (excludes halogenated alkanes) is 2. The number of amides is 1. The zero-order chi connectivity index (χ0) is 22.3. The van der Waals surface area contributed by atoms with Crippen molar-refractivity contribution >= 4 is 16.9 Å². The van der Waals surface area contributed by atoms with Crippen LogP contribution in [0.25, 0.3) is 11.0 Å². The summed E-state index contributed by atoms with van der Waals surface area (Å²) in [5.41, 5.74) is 4.89. The Morgan fingerprint density at radius 3 is 2.56 bits per heavy atom. The summed E-state index contributed by atoms with van der Waals surface area (Å²) in [6.45, 7) is 5.92. The molecule has 0 saturated carbocycles. The van der Waals surface area contributed by atoms with Gasteiger partial charge in [0.2, 0.25) is 0 Å². The predicted octanol–water partition coefficient (Wildman–Crippen LogP) is 5.94. The van der Waals surface area contributed by atoms with Gasteiger partial charge < -0.3 is 14.3 Å². The standard InChI is InChI=1S/C27H31N3O2/c1-20(2)22-15-13-21(14-16-22)19-30-24-10-6-5-9-23(24)29-26(30)12-4-3-7-17-28-27(31)25-11-8-18-32-25/h5-6,8-11,13-16,18,20H,3-4,7,12,17,19H2,1-2H3,(H,28,31). The average molecular weight is 430 g/mol. The Labute approximate surface area is 189 Å². The Kier molecular flexibility index (Phi) is 7.05. The number of aromatic nitrogens is 2. The lowest BCUT2D eigenvalue weighted by Crippen LogP contribution is -2.23. The largest absolute Gasteiger partial charge is 0.459 e. The van der Waals surface area contributed by atoms with E-state index in [1.807, 2.05) is 6.07 Å². The molecule has 0 radical (unpaired) electrons. The van der Waals surface area contributed by atoms with Crippen molar-refractivity contribution in [2.45, 2.75) is 52.0 Å². The van der Waals surface area contributed by atoms with Gasteiger partial charge in [-0.05, 0) is 54.2 Å². The van der Waals surface area contributed by atoms with Crippen LogP contribution in [0, 0.1) is 0 Å². The van der Waals surface area contributed by atoms with Crippen molar-refractivity contribution in [3.63, 3.8) is 0 Å². The van der Waals surface area contributed by atoms with Crippen LogP contribution >= 0.6 is 0 Å². The molecule has 0 aliphatic carbocycles. The molecule has 0 atom stereocenters. The fraction of sp³-hybridized carbons (Fsp3) is 0.333. The molecule has 166 valence electrons. The SMILES string of the molecule is CC(C)c1ccc(Cn2c(CCCCCNC(=O)c3ccco3)nc3ccccc32)cc1. The molecule has 0 unspecified atom stereocenters. The maximum absolute atomic E-state index is 11.9. The first-order valence-electron chi connectivity index (χ1n) is 11.5. The fourth-order valence-corrected chi connectivity index (χ4v) is 3.96. The predicted molar refractivity (Wildman–Crippen MR) is 128 cm³/mol. The van der Waals surface area contributed by atoms with Gasteiger partial charge in [-0.3, -0.25) is 4.79 Å². The molecule has 2 aromatic heterocycles. The molecule has 4 rings (SSSR count). The number of nitrogens with zero attached hydrogens (tertiary/aromatic N) is 2. The molecule has 0 aliphatic heterocycles. The van der Waals surface area contributed by atoms with Crippen LogP contribution in [0.2, 0.25) is 0 Å². The zero-order valence-corrected chi connectivity index (χ0v) is 18.9. The van der Waals surface area contributed by atoms with Crippen molar-refractivity contribution in [2.24, 2.45) is 0 Å². The van der Waals surface area contributed by atoms with E-state index >= 15 is 0 Å². The summed E-state index contributed by atoms with van der Waals surface area (Å²) in [5.74, 6) is 1.87. The van der Waals surface area contributed by atoms with Crippen LogP contribution < -0.4 is 5.32 Å². The van der Waals surface area contributed by atoms with Crippen LogP contribution in [0.15, 0.2) is 71.3 Å². The van der Waals surface area contributed by atoms with Gasteiger partial charge in [0.25, 0.3) is 5.91 Å². The van der Waals surface area contributed by atoms with Crippen molar-refractivity contribution in [1.82, 2.24) is 14.9 Å². The quantitative estimate of drug-likeness (QED) is 0.317. The van der Waals surface area contributed by atoms with E-state index in [2.05, 4.69) is 66.2 Å². The molecule has 32 heavy (non-hydrogen) atoms. The fourth-order valence-electron chi connectivity index (χ4n) is 3.96. The van der Waals surface area contributed by atoms with Gasteiger partial charge in [-0.1, -0.05) is 56.7 Å². The van der Waals surface area contributed by atoms with Crippen molar-refractivity contribution < 1.29 is 9.21 Å². The molecule has 0 aliphatic rings. The molecule has 0 saturated heterocycles. The van der Waals surface area contributed by atoms with Crippen molar-refractivity contribution in [3.8, 4) is 0 Å². The number of imidazole rings is 1. The Morgan fingerprint density at radius 1 is 1.00 bits per heavy atom. The van der Waals surface area contributed by atoms with Gasteiger partial charge in [-0.2, -0.15) is 0 Å². The summed E-state index contributed by atoms with van der Waals surface area (Å²) in [5, 5.41) is 2.91. The summed E-state index contributed by atoms with van der Waals surface area (Å²) in [6.07, 6.45) is 5.44. The smallest absolute Gasteiger partial charge is 0.286 e. The van der Waals surface area contributed by atoms with Crippen LogP contribution in [0.5, 0.6) is 0 Å². The molecule has 0 spiro atoms. The van der Waals surface area contributed by atoms with E-state index in [1.54, 1.807) is 12.1 Å². The van der Waals surface area contributed by atoms with E-state index in [1.165, 1.54) is 22.9 Å². The Morgan fingerprint density at radius 2 is 1.81 bits per heavy atom. The third-order valence-corrected chi connectivity index (χ3v) is 5.83. The number of carbonyl (C=O) groups excluding carboxylic acids is 1. The minimum Gasteiger partial charge on any atom is -0.459 e. The van der Waals surface area contributed by atoms with E-state index in [4.69, 9.17) is 9.40 Å². The minimum absolute atomic E-state index is 0.153. The number of para-hydroxylation sites is 2. The first-order chi connectivity index (χ1) is 15.6. The molecule has 1 amide bonds. The van der Waals surface area contributed by atoms with Crippen LogP contribution in [0.1, 0.15) is 66.5 Å². The number of aryl methyl sites for hydroxylation is 1. The van der Waals surface area contributed by atoms with E-state index in [-0.39, 0.29) is 5.91 Å². The molecule has 1 N–H and O–H groups in total. The molecule has 2 heterocycles. The zero-order valence-electron chi connectivity index (χ0n) is 18.9. The number of fused-ring (bicyclic) bond motifs is 1. The Balaban J connectivity index is 1.35. The lowest BCUT2D eigenvalue weighted by Gasteiger charge is -2.11. The van der Waals surface area contributed by atoms with Gasteiger partial charge in [0.1, 0.15) is 5.82 Å². The second kappa shape index (κ2) is 10.3. The van der Waals surface area contributed by atoms with Gasteiger partial charge in [-0.15, -0.1) is 0 Å². The van der Waals surface area contributed by atoms with E-state index < -0.39 is 0 Å². The molecule has 2 aromatic carbocycles. The monoisotopic (exact) mass is 429 g/mol. The molecule has 0 bridgehead atoms. The van der Waals surface area contributed by atoms with Gasteiger partial charge in [0.15, 0.2) is 5.76 Å². The van der Waals surface area contributed by atoms with Gasteiger partial charge in [-0.25, -0.2) is 4.98 Å². The number of furan rings is 1. The van der Waals surface area contributed by atoms with Gasteiger partial charge in [0.05, 0.1) is 17.3 Å². The highest BCUT2D eigenvalue weighted by Crippen LogP contribution is 2.21. The highest BCUT2D eigenvalue weighted by Gasteiger charge is 2.11. The second-order valence-electron chi connectivity index (χ2n) is 8.54. The summed E-state index contributed by atoms with van der Waals surface area (Å²) in [7, 11) is 0. The van der Waals surface area contributed by atoms with Gasteiger partial charge in [0, 0.05) is 19.5 Å². The Bertz CT molecular complexity index is 1140. The van der Waals surface area contributed by atoms with E-state index in [0.29, 0.717) is 18.2 Å². The number of rotatable bonds is 10. The molecule has 5 nitrogen and oxygen atoms in total. The number of hydrogen-bond donors (Lipinski definition) is 1. The van der Waals surface area contributed by atoms with Crippen LogP contribution in [-0.4, -0.2) is 22.0 Å². The molecule has 5 heteroatoms. The number of nitrogens with one attached hydrogen (secondary N) is 1. The van der Waals surface area contributed by atoms with Crippen molar-refractivity contribution in [2.75, 3.05) is 6.54 Å². The number of hydrogen-bond acceptors (Lipinski definition) is 3. The topological polar surface area (TPSA) is 60.1 Å². The first kappa shape index (κ1) is 21.9. The highest BCUT2D eigenvalue weighted by atomic mass is 16.3. The van der Waals surface area contributed by atoms with E-state index in [9.17, 15) is 4.79 Å². The third-order valence-electron chi connectivity index (χ3n) is 5.83. The van der Waals surface area contributed by atoms with Crippen LogP contribution in [-0.2, 0) is 13.0 Å². The maximum Gasteiger partial charge on any atom is 0.286 e. The Hall–Kier alpha value is -3.34. The van der Waals surface area contributed by atoms with E-state index in [0.717, 1.165) is 43.6 Å².